The third kappa shape index (κ3) is 2.81. The molecule has 0 saturated heterocycles. The van der Waals surface area contributed by atoms with Gasteiger partial charge >= 0.3 is 0 Å². The van der Waals surface area contributed by atoms with Gasteiger partial charge in [0.15, 0.2) is 8.68 Å². The Labute approximate surface area is 119 Å². The molecule has 0 bridgehead atoms. The van der Waals surface area contributed by atoms with E-state index in [4.69, 9.17) is 5.73 Å². The molecule has 0 aliphatic heterocycles. The molecule has 0 fully saturated rings. The summed E-state index contributed by atoms with van der Waals surface area (Å²) in [7, 11) is 1.91. The predicted octanol–water partition coefficient (Wildman–Crippen LogP) is 2.68. The highest BCUT2D eigenvalue weighted by Crippen LogP contribution is 2.36. The number of aromatic nitrogens is 4. The molecule has 5 nitrogen and oxygen atoms in total. The van der Waals surface area contributed by atoms with Gasteiger partial charge in [0.05, 0.1) is 11.4 Å². The van der Waals surface area contributed by atoms with Crippen LogP contribution in [0.25, 0.3) is 0 Å². The van der Waals surface area contributed by atoms with Crippen LogP contribution in [0.4, 0.5) is 5.69 Å². The van der Waals surface area contributed by atoms with Gasteiger partial charge in [-0.1, -0.05) is 36.4 Å². The van der Waals surface area contributed by atoms with Crippen LogP contribution in [-0.4, -0.2) is 26.2 Å². The summed E-state index contributed by atoms with van der Waals surface area (Å²) >= 11 is 4.71. The standard InChI is InChI=1S/C10H15N5S3/c1-4-5-6-7(11)8(15(2)14-6)17-10-13-12-9(16-3)18-10/h4-5,11H2,1-3H3. The van der Waals surface area contributed by atoms with Crippen molar-refractivity contribution < 1.29 is 0 Å². The van der Waals surface area contributed by atoms with Gasteiger partial charge in [-0.15, -0.1) is 10.2 Å². The predicted molar refractivity (Wildman–Crippen MR) is 77.4 cm³/mol. The maximum absolute atomic E-state index is 6.12. The van der Waals surface area contributed by atoms with E-state index in [-0.39, 0.29) is 0 Å². The smallest absolute Gasteiger partial charge is 0.181 e. The number of thioether (sulfide) groups is 1. The van der Waals surface area contributed by atoms with Gasteiger partial charge in [0.1, 0.15) is 5.03 Å². The van der Waals surface area contributed by atoms with Crippen molar-refractivity contribution in [3.8, 4) is 0 Å². The number of anilines is 1. The topological polar surface area (TPSA) is 69.6 Å². The molecule has 2 aromatic rings. The second-order valence-electron chi connectivity index (χ2n) is 3.68. The van der Waals surface area contributed by atoms with E-state index in [1.165, 1.54) is 11.8 Å². The fourth-order valence-electron chi connectivity index (χ4n) is 1.52. The molecule has 0 unspecified atom stereocenters. The summed E-state index contributed by atoms with van der Waals surface area (Å²) in [5.74, 6) is 0. The summed E-state index contributed by atoms with van der Waals surface area (Å²) in [6.45, 7) is 2.12. The van der Waals surface area contributed by atoms with Crippen molar-refractivity contribution in [2.45, 2.75) is 33.5 Å². The maximum Gasteiger partial charge on any atom is 0.181 e. The lowest BCUT2D eigenvalue weighted by Crippen LogP contribution is -1.93. The third-order valence-electron chi connectivity index (χ3n) is 2.34. The number of nitrogen functional groups attached to an aromatic ring is 1. The van der Waals surface area contributed by atoms with E-state index in [9.17, 15) is 0 Å². The number of aryl methyl sites for hydroxylation is 2. The molecule has 0 aliphatic carbocycles. The van der Waals surface area contributed by atoms with Gasteiger partial charge in [-0.3, -0.25) is 4.68 Å². The van der Waals surface area contributed by atoms with Crippen LogP contribution in [0.1, 0.15) is 19.0 Å². The lowest BCUT2D eigenvalue weighted by molar-refractivity contribution is 0.681. The van der Waals surface area contributed by atoms with Crippen LogP contribution >= 0.6 is 34.9 Å². The zero-order valence-electron chi connectivity index (χ0n) is 10.5. The molecule has 2 rings (SSSR count). The molecule has 0 amide bonds. The fraction of sp³-hybridized carbons (Fsp3) is 0.500. The summed E-state index contributed by atoms with van der Waals surface area (Å²) in [5, 5.41) is 13.6. The first kappa shape index (κ1) is 13.7. The van der Waals surface area contributed by atoms with Crippen molar-refractivity contribution in [1.82, 2.24) is 20.0 Å². The third-order valence-corrected chi connectivity index (χ3v) is 5.47. The Morgan fingerprint density at radius 2 is 2.06 bits per heavy atom. The Morgan fingerprint density at radius 3 is 2.67 bits per heavy atom. The Morgan fingerprint density at radius 1 is 1.33 bits per heavy atom. The highest BCUT2D eigenvalue weighted by Gasteiger charge is 2.16. The molecule has 18 heavy (non-hydrogen) atoms. The zero-order chi connectivity index (χ0) is 13.1. The minimum Gasteiger partial charge on any atom is -0.395 e. The van der Waals surface area contributed by atoms with E-state index < -0.39 is 0 Å². The van der Waals surface area contributed by atoms with Crippen LogP contribution in [-0.2, 0) is 13.5 Å². The van der Waals surface area contributed by atoms with Crippen LogP contribution in [0, 0.1) is 0 Å². The first-order chi connectivity index (χ1) is 8.65. The van der Waals surface area contributed by atoms with E-state index in [0.29, 0.717) is 0 Å². The molecule has 2 aromatic heterocycles. The largest absolute Gasteiger partial charge is 0.395 e. The van der Waals surface area contributed by atoms with Gasteiger partial charge < -0.3 is 5.73 Å². The highest BCUT2D eigenvalue weighted by molar-refractivity contribution is 8.03. The first-order valence-corrected chi connectivity index (χ1v) is 8.38. The molecule has 2 N–H and O–H groups in total. The lowest BCUT2D eigenvalue weighted by Gasteiger charge is -1.98. The van der Waals surface area contributed by atoms with Crippen molar-refractivity contribution in [3.63, 3.8) is 0 Å². The number of rotatable bonds is 5. The van der Waals surface area contributed by atoms with Gasteiger partial charge in [0.2, 0.25) is 0 Å². The van der Waals surface area contributed by atoms with Crippen molar-refractivity contribution in [1.29, 1.82) is 0 Å². The van der Waals surface area contributed by atoms with Crippen LogP contribution in [0.5, 0.6) is 0 Å². The maximum atomic E-state index is 6.12. The Kier molecular flexibility index (Phi) is 4.52. The molecule has 8 heteroatoms. The summed E-state index contributed by atoms with van der Waals surface area (Å²) < 4.78 is 3.69. The van der Waals surface area contributed by atoms with Crippen LogP contribution < -0.4 is 5.73 Å². The average molecular weight is 301 g/mol. The van der Waals surface area contributed by atoms with E-state index in [0.717, 1.165) is 37.9 Å². The monoisotopic (exact) mass is 301 g/mol. The average Bonchev–Trinajstić information content (AvgIpc) is 2.91. The molecule has 98 valence electrons. The van der Waals surface area contributed by atoms with Crippen molar-refractivity contribution in [3.05, 3.63) is 5.69 Å². The Hall–Kier alpha value is -0.730. The van der Waals surface area contributed by atoms with Gasteiger partial charge in [-0.05, 0) is 24.4 Å². The van der Waals surface area contributed by atoms with Gasteiger partial charge in [0.25, 0.3) is 0 Å². The van der Waals surface area contributed by atoms with E-state index in [1.807, 2.05) is 18.0 Å². The zero-order valence-corrected chi connectivity index (χ0v) is 13.0. The second kappa shape index (κ2) is 5.94. The molecular formula is C10H15N5S3. The molecule has 0 saturated carbocycles. The van der Waals surface area contributed by atoms with Gasteiger partial charge in [0, 0.05) is 7.05 Å². The van der Waals surface area contributed by atoms with E-state index in [2.05, 4.69) is 22.2 Å². The molecular weight excluding hydrogens is 286 g/mol. The highest BCUT2D eigenvalue weighted by atomic mass is 32.2. The summed E-state index contributed by atoms with van der Waals surface area (Å²) in [6.07, 6.45) is 3.94. The first-order valence-electron chi connectivity index (χ1n) is 5.52. The fourth-order valence-corrected chi connectivity index (χ4v) is 3.98. The SMILES string of the molecule is CCCc1nn(C)c(Sc2nnc(SC)s2)c1N. The van der Waals surface area contributed by atoms with E-state index >= 15 is 0 Å². The lowest BCUT2D eigenvalue weighted by atomic mass is 10.2. The molecule has 0 atom stereocenters. The van der Waals surface area contributed by atoms with Crippen LogP contribution in [0.3, 0.4) is 0 Å². The normalized spacial score (nSPS) is 11.1. The Bertz CT molecular complexity index is 534. The summed E-state index contributed by atoms with van der Waals surface area (Å²) in [4.78, 5) is 0. The molecule has 0 aliphatic rings. The minimum absolute atomic E-state index is 0.769. The number of nitrogens with two attached hydrogens (primary N) is 1. The number of nitrogens with zero attached hydrogens (tertiary/aromatic N) is 4. The van der Waals surface area contributed by atoms with Gasteiger partial charge in [-0.25, -0.2) is 0 Å². The number of hydrogen-bond acceptors (Lipinski definition) is 7. The van der Waals surface area contributed by atoms with Crippen LogP contribution in [0.2, 0.25) is 0 Å². The van der Waals surface area contributed by atoms with E-state index in [1.54, 1.807) is 23.1 Å². The van der Waals surface area contributed by atoms with Crippen molar-refractivity contribution in [2.24, 2.45) is 7.05 Å². The molecule has 0 spiro atoms. The molecule has 2 heterocycles. The molecule has 0 aromatic carbocycles. The number of hydrogen-bond donors (Lipinski definition) is 1. The second-order valence-corrected chi connectivity index (χ2v) is 6.95. The quantitative estimate of drug-likeness (QED) is 0.856. The summed E-state index contributed by atoms with van der Waals surface area (Å²) in [6, 6.07) is 0. The Balaban J connectivity index is 2.23. The van der Waals surface area contributed by atoms with Crippen molar-refractivity contribution in [2.75, 3.05) is 12.0 Å². The van der Waals surface area contributed by atoms with Crippen molar-refractivity contribution >= 4 is 40.5 Å². The van der Waals surface area contributed by atoms with Gasteiger partial charge in [-0.2, -0.15) is 5.10 Å². The van der Waals surface area contributed by atoms with Crippen LogP contribution in [0.15, 0.2) is 13.7 Å². The minimum atomic E-state index is 0.769. The summed E-state index contributed by atoms with van der Waals surface area (Å²) in [5.41, 5.74) is 7.86. The molecule has 0 radical (unpaired) electrons.